The maximum Gasteiger partial charge on any atom is 0.105 e. The second kappa shape index (κ2) is 3.64. The first-order valence-corrected chi connectivity index (χ1v) is 3.12. The monoisotopic (exact) mass is 129 g/mol. The highest BCUT2D eigenvalue weighted by Gasteiger charge is 2.07. The predicted octanol–water partition coefficient (Wildman–Crippen LogP) is 0.866. The van der Waals surface area contributed by atoms with Crippen LogP contribution < -0.4 is 5.73 Å². The quantitative estimate of drug-likeness (QED) is 0.438. The summed E-state index contributed by atoms with van der Waals surface area (Å²) in [5.41, 5.74) is 6.26. The van der Waals surface area contributed by atoms with E-state index in [0.29, 0.717) is 0 Å². The summed E-state index contributed by atoms with van der Waals surface area (Å²) in [6.07, 6.45) is 0.0965. The van der Waals surface area contributed by atoms with Gasteiger partial charge in [-0.15, -0.1) is 6.58 Å². The minimum atomic E-state index is -0.707. The number of aliphatic hydroxyl groups is 1. The van der Waals surface area contributed by atoms with Crippen molar-refractivity contribution < 1.29 is 5.11 Å². The normalized spacial score (nSPS) is 16.9. The molecule has 0 aromatic heterocycles. The Morgan fingerprint density at radius 3 is 2.33 bits per heavy atom. The summed E-state index contributed by atoms with van der Waals surface area (Å²) in [7, 11) is 0. The molecular weight excluding hydrogens is 114 g/mol. The van der Waals surface area contributed by atoms with Gasteiger partial charge in [-0.1, -0.05) is 12.5 Å². The highest BCUT2D eigenvalue weighted by atomic mass is 16.3. The molecule has 0 spiro atoms. The van der Waals surface area contributed by atoms with Crippen LogP contribution in [0.5, 0.6) is 0 Å². The maximum atomic E-state index is 8.81. The molecule has 0 bridgehead atoms. The molecule has 0 aliphatic heterocycles. The van der Waals surface area contributed by atoms with E-state index in [1.807, 2.05) is 13.8 Å². The molecule has 54 valence electrons. The molecule has 0 aliphatic rings. The smallest absolute Gasteiger partial charge is 0.105 e. The van der Waals surface area contributed by atoms with Crippen LogP contribution in [0.3, 0.4) is 0 Å². The van der Waals surface area contributed by atoms with E-state index in [2.05, 4.69) is 6.58 Å². The van der Waals surface area contributed by atoms with Crippen LogP contribution in [0.1, 0.15) is 20.3 Å². The van der Waals surface area contributed by atoms with E-state index >= 15 is 0 Å². The number of allylic oxidation sites excluding steroid dienone is 1. The van der Waals surface area contributed by atoms with Crippen molar-refractivity contribution >= 4 is 0 Å². The first-order valence-electron chi connectivity index (χ1n) is 3.12. The molecule has 0 saturated heterocycles. The molecule has 0 amide bonds. The predicted molar refractivity (Wildman–Crippen MR) is 38.8 cm³/mol. The lowest BCUT2D eigenvalue weighted by Crippen LogP contribution is -2.27. The fourth-order valence-electron chi connectivity index (χ4n) is 0.670. The zero-order chi connectivity index (χ0) is 7.44. The van der Waals surface area contributed by atoms with E-state index in [1.54, 1.807) is 0 Å². The number of hydrogen-bond acceptors (Lipinski definition) is 2. The molecule has 0 aromatic carbocycles. The molecule has 0 saturated carbocycles. The van der Waals surface area contributed by atoms with Gasteiger partial charge in [0.2, 0.25) is 0 Å². The summed E-state index contributed by atoms with van der Waals surface area (Å²) < 4.78 is 0. The Labute approximate surface area is 56.4 Å². The number of aliphatic hydroxyl groups excluding tert-OH is 1. The first-order chi connectivity index (χ1) is 4.04. The second-order valence-electron chi connectivity index (χ2n) is 2.63. The summed E-state index contributed by atoms with van der Waals surface area (Å²) in [4.78, 5) is 0. The summed E-state index contributed by atoms with van der Waals surface area (Å²) in [5, 5.41) is 8.81. The van der Waals surface area contributed by atoms with Gasteiger partial charge in [-0.05, 0) is 19.3 Å². The molecule has 2 nitrogen and oxygen atoms in total. The zero-order valence-electron chi connectivity index (χ0n) is 6.09. The SMILES string of the molecule is C=C(C)CC(C)C(N)O. The molecule has 0 fully saturated rings. The number of nitrogens with two attached hydrogens (primary N) is 1. The van der Waals surface area contributed by atoms with Crippen molar-refractivity contribution in [1.82, 2.24) is 0 Å². The van der Waals surface area contributed by atoms with Crippen molar-refractivity contribution in [2.75, 3.05) is 0 Å². The van der Waals surface area contributed by atoms with Gasteiger partial charge in [-0.2, -0.15) is 0 Å². The molecule has 0 aromatic rings. The number of hydrogen-bond donors (Lipinski definition) is 2. The van der Waals surface area contributed by atoms with Crippen LogP contribution >= 0.6 is 0 Å². The van der Waals surface area contributed by atoms with Gasteiger partial charge >= 0.3 is 0 Å². The van der Waals surface area contributed by atoms with Crippen LogP contribution in [0.2, 0.25) is 0 Å². The van der Waals surface area contributed by atoms with Crippen LogP contribution in [0, 0.1) is 5.92 Å². The average molecular weight is 129 g/mol. The van der Waals surface area contributed by atoms with E-state index < -0.39 is 6.23 Å². The Hall–Kier alpha value is -0.340. The van der Waals surface area contributed by atoms with Gasteiger partial charge < -0.3 is 10.8 Å². The Kier molecular flexibility index (Phi) is 3.50. The van der Waals surface area contributed by atoms with Gasteiger partial charge in [-0.3, -0.25) is 0 Å². The van der Waals surface area contributed by atoms with E-state index in [-0.39, 0.29) is 5.92 Å². The van der Waals surface area contributed by atoms with E-state index in [4.69, 9.17) is 10.8 Å². The lowest BCUT2D eigenvalue weighted by atomic mass is 10.0. The van der Waals surface area contributed by atoms with Gasteiger partial charge in [0.15, 0.2) is 0 Å². The third kappa shape index (κ3) is 4.18. The van der Waals surface area contributed by atoms with Gasteiger partial charge in [0.1, 0.15) is 6.23 Å². The van der Waals surface area contributed by atoms with E-state index in [9.17, 15) is 0 Å². The third-order valence-corrected chi connectivity index (χ3v) is 1.25. The van der Waals surface area contributed by atoms with Crippen molar-refractivity contribution in [2.45, 2.75) is 26.5 Å². The van der Waals surface area contributed by atoms with Crippen molar-refractivity contribution in [3.05, 3.63) is 12.2 Å². The second-order valence-corrected chi connectivity index (χ2v) is 2.63. The molecule has 0 heterocycles. The minimum absolute atomic E-state index is 0.127. The topological polar surface area (TPSA) is 46.2 Å². The Morgan fingerprint density at radius 2 is 2.22 bits per heavy atom. The van der Waals surface area contributed by atoms with Crippen molar-refractivity contribution in [3.8, 4) is 0 Å². The van der Waals surface area contributed by atoms with Crippen LogP contribution in [0.15, 0.2) is 12.2 Å². The fraction of sp³-hybridized carbons (Fsp3) is 0.714. The fourth-order valence-corrected chi connectivity index (χ4v) is 0.670. The first kappa shape index (κ1) is 8.66. The lowest BCUT2D eigenvalue weighted by Gasteiger charge is -2.13. The summed E-state index contributed by atoms with van der Waals surface area (Å²) >= 11 is 0. The maximum absolute atomic E-state index is 8.81. The van der Waals surface area contributed by atoms with Crippen molar-refractivity contribution in [3.63, 3.8) is 0 Å². The molecule has 2 unspecified atom stereocenters. The molecule has 3 N–H and O–H groups in total. The molecule has 0 rings (SSSR count). The van der Waals surface area contributed by atoms with Crippen molar-refractivity contribution in [1.29, 1.82) is 0 Å². The van der Waals surface area contributed by atoms with Crippen LogP contribution in [-0.4, -0.2) is 11.3 Å². The number of rotatable bonds is 3. The molecular formula is C7H15NO. The Balaban J connectivity index is 3.50. The highest BCUT2D eigenvalue weighted by Crippen LogP contribution is 2.09. The van der Waals surface area contributed by atoms with Gasteiger partial charge in [0, 0.05) is 0 Å². The van der Waals surface area contributed by atoms with Crippen LogP contribution in [0.25, 0.3) is 0 Å². The largest absolute Gasteiger partial charge is 0.379 e. The van der Waals surface area contributed by atoms with Crippen molar-refractivity contribution in [2.24, 2.45) is 11.7 Å². The van der Waals surface area contributed by atoms with Gasteiger partial charge in [-0.25, -0.2) is 0 Å². The van der Waals surface area contributed by atoms with Crippen LogP contribution in [-0.2, 0) is 0 Å². The lowest BCUT2D eigenvalue weighted by molar-refractivity contribution is 0.123. The van der Waals surface area contributed by atoms with Gasteiger partial charge in [0.05, 0.1) is 0 Å². The van der Waals surface area contributed by atoms with E-state index in [0.717, 1.165) is 12.0 Å². The summed E-state index contributed by atoms with van der Waals surface area (Å²) in [6, 6.07) is 0. The minimum Gasteiger partial charge on any atom is -0.379 e. The Morgan fingerprint density at radius 1 is 1.78 bits per heavy atom. The summed E-state index contributed by atoms with van der Waals surface area (Å²) in [6.45, 7) is 7.54. The Bertz CT molecular complexity index is 99.1. The highest BCUT2D eigenvalue weighted by molar-refractivity contribution is 4.90. The molecule has 2 atom stereocenters. The third-order valence-electron chi connectivity index (χ3n) is 1.25. The standard InChI is InChI=1S/C7H15NO/c1-5(2)4-6(3)7(8)9/h6-7,9H,1,4,8H2,2-3H3. The molecule has 0 radical (unpaired) electrons. The van der Waals surface area contributed by atoms with Gasteiger partial charge in [0.25, 0.3) is 0 Å². The molecule has 2 heteroatoms. The average Bonchev–Trinajstić information content (AvgIpc) is 1.63. The molecule has 9 heavy (non-hydrogen) atoms. The van der Waals surface area contributed by atoms with Crippen LogP contribution in [0.4, 0.5) is 0 Å². The molecule has 0 aliphatic carbocycles. The summed E-state index contributed by atoms with van der Waals surface area (Å²) in [5.74, 6) is 0.127. The van der Waals surface area contributed by atoms with E-state index in [1.165, 1.54) is 0 Å². The zero-order valence-corrected chi connectivity index (χ0v) is 6.09.